The average molecular weight is 375 g/mol. The van der Waals surface area contributed by atoms with Gasteiger partial charge in [-0.15, -0.1) is 11.3 Å². The third-order valence-electron chi connectivity index (χ3n) is 4.85. The quantitative estimate of drug-likeness (QED) is 0.786. The molecule has 1 fully saturated rings. The van der Waals surface area contributed by atoms with Crippen LogP contribution in [0.15, 0.2) is 18.2 Å². The Balaban J connectivity index is 1.79. The number of methoxy groups -OCH3 is 2. The lowest BCUT2D eigenvalue weighted by Gasteiger charge is -2.18. The summed E-state index contributed by atoms with van der Waals surface area (Å²) in [5.41, 5.74) is 1.94. The fourth-order valence-corrected chi connectivity index (χ4v) is 4.40. The first-order valence-electron chi connectivity index (χ1n) is 8.93. The number of aromatic nitrogens is 1. The summed E-state index contributed by atoms with van der Waals surface area (Å²) in [7, 11) is 3.34. The van der Waals surface area contributed by atoms with E-state index in [4.69, 9.17) is 9.47 Å². The van der Waals surface area contributed by atoms with Crippen LogP contribution in [0.3, 0.4) is 0 Å². The van der Waals surface area contributed by atoms with Crippen LogP contribution in [0, 0.1) is 6.92 Å². The number of hydrogen-bond acceptors (Lipinski definition) is 5. The smallest absolute Gasteiger partial charge is 0.265 e. The Hall–Kier alpha value is -2.08. The zero-order valence-corrected chi connectivity index (χ0v) is 16.9. The highest BCUT2D eigenvalue weighted by molar-refractivity contribution is 7.13. The second kappa shape index (κ2) is 7.66. The van der Waals surface area contributed by atoms with Gasteiger partial charge in [0.1, 0.15) is 16.4 Å². The first-order valence-corrected chi connectivity index (χ1v) is 9.74. The summed E-state index contributed by atoms with van der Waals surface area (Å²) in [5, 5.41) is 1.02. The van der Waals surface area contributed by atoms with Gasteiger partial charge in [0.05, 0.1) is 24.9 Å². The lowest BCUT2D eigenvalue weighted by molar-refractivity contribution is 0.0794. The molecular formula is C20H26N2O3S. The Labute approximate surface area is 159 Å². The predicted molar refractivity (Wildman–Crippen MR) is 104 cm³/mol. The van der Waals surface area contributed by atoms with E-state index in [9.17, 15) is 4.79 Å². The van der Waals surface area contributed by atoms with Gasteiger partial charge < -0.3 is 14.4 Å². The molecule has 1 aliphatic heterocycles. The summed E-state index contributed by atoms with van der Waals surface area (Å²) >= 11 is 1.53. The molecule has 26 heavy (non-hydrogen) atoms. The van der Waals surface area contributed by atoms with Crippen molar-refractivity contribution in [2.45, 2.75) is 39.0 Å². The monoisotopic (exact) mass is 374 g/mol. The van der Waals surface area contributed by atoms with Crippen molar-refractivity contribution < 1.29 is 14.3 Å². The first-order chi connectivity index (χ1) is 12.4. The molecule has 1 atom stereocenters. The lowest BCUT2D eigenvalue weighted by Crippen LogP contribution is -2.28. The van der Waals surface area contributed by atoms with Gasteiger partial charge in [0.25, 0.3) is 5.91 Å². The van der Waals surface area contributed by atoms with E-state index in [1.807, 2.05) is 30.0 Å². The first kappa shape index (κ1) is 18.7. The molecular weight excluding hydrogens is 348 g/mol. The van der Waals surface area contributed by atoms with Gasteiger partial charge in [0.15, 0.2) is 0 Å². The summed E-state index contributed by atoms with van der Waals surface area (Å²) in [4.78, 5) is 20.3. The van der Waals surface area contributed by atoms with Crippen LogP contribution in [0.25, 0.3) is 0 Å². The number of aryl methyl sites for hydroxylation is 1. The molecule has 2 aromatic rings. The van der Waals surface area contributed by atoms with E-state index in [0.29, 0.717) is 12.5 Å². The van der Waals surface area contributed by atoms with Gasteiger partial charge in [0.2, 0.25) is 0 Å². The van der Waals surface area contributed by atoms with Gasteiger partial charge in [-0.1, -0.05) is 13.8 Å². The maximum Gasteiger partial charge on any atom is 0.265 e. The Kier molecular flexibility index (Phi) is 5.51. The average Bonchev–Trinajstić information content (AvgIpc) is 3.27. The highest BCUT2D eigenvalue weighted by Crippen LogP contribution is 2.37. The van der Waals surface area contributed by atoms with Crippen LogP contribution in [0.2, 0.25) is 0 Å². The number of amides is 1. The highest BCUT2D eigenvalue weighted by atomic mass is 32.1. The van der Waals surface area contributed by atoms with Crippen LogP contribution in [0.5, 0.6) is 11.5 Å². The maximum atomic E-state index is 13.0. The lowest BCUT2D eigenvalue weighted by atomic mass is 9.97. The van der Waals surface area contributed by atoms with Crippen LogP contribution in [0.1, 0.15) is 58.0 Å². The topological polar surface area (TPSA) is 51.7 Å². The molecule has 0 aliphatic carbocycles. The van der Waals surface area contributed by atoms with E-state index in [1.165, 1.54) is 11.3 Å². The van der Waals surface area contributed by atoms with Gasteiger partial charge in [-0.25, -0.2) is 4.98 Å². The molecule has 1 aromatic heterocycles. The van der Waals surface area contributed by atoms with Crippen LogP contribution >= 0.6 is 11.3 Å². The molecule has 5 nitrogen and oxygen atoms in total. The fraction of sp³-hybridized carbons (Fsp3) is 0.500. The summed E-state index contributed by atoms with van der Waals surface area (Å²) < 4.78 is 10.9. The zero-order chi connectivity index (χ0) is 18.8. The molecule has 140 valence electrons. The van der Waals surface area contributed by atoms with E-state index in [2.05, 4.69) is 18.8 Å². The SMILES string of the molecule is COc1ccc(OC)c([C@H]2CCN(C(=O)c3sc(C(C)C)nc3C)C2)c1. The Morgan fingerprint density at radius 1 is 1.31 bits per heavy atom. The minimum Gasteiger partial charge on any atom is -0.497 e. The molecule has 1 aliphatic rings. The van der Waals surface area contributed by atoms with Crippen molar-refractivity contribution in [3.05, 3.63) is 39.3 Å². The van der Waals surface area contributed by atoms with Gasteiger partial charge in [-0.3, -0.25) is 4.79 Å². The number of benzene rings is 1. The number of hydrogen-bond donors (Lipinski definition) is 0. The predicted octanol–water partition coefficient (Wildman–Crippen LogP) is 4.22. The standard InChI is InChI=1S/C20H26N2O3S/c1-12(2)19-21-13(3)18(26-19)20(23)22-9-8-14(11-22)16-10-15(24-4)6-7-17(16)25-5/h6-7,10,12,14H,8-9,11H2,1-5H3/t14-/m0/s1. The van der Waals surface area contributed by atoms with E-state index < -0.39 is 0 Å². The van der Waals surface area contributed by atoms with Gasteiger partial charge in [-0.05, 0) is 31.5 Å². The summed E-state index contributed by atoms with van der Waals surface area (Å²) in [6.45, 7) is 7.57. The number of likely N-dealkylation sites (tertiary alicyclic amines) is 1. The van der Waals surface area contributed by atoms with Crippen molar-refractivity contribution in [1.82, 2.24) is 9.88 Å². The number of rotatable bonds is 5. The molecule has 0 spiro atoms. The number of carbonyl (C=O) groups excluding carboxylic acids is 1. The van der Waals surface area contributed by atoms with E-state index in [0.717, 1.165) is 45.6 Å². The van der Waals surface area contributed by atoms with Crippen molar-refractivity contribution in [3.63, 3.8) is 0 Å². The van der Waals surface area contributed by atoms with Crippen molar-refractivity contribution in [1.29, 1.82) is 0 Å². The Morgan fingerprint density at radius 3 is 2.69 bits per heavy atom. The maximum absolute atomic E-state index is 13.0. The van der Waals surface area contributed by atoms with Gasteiger partial charge >= 0.3 is 0 Å². The van der Waals surface area contributed by atoms with Crippen LogP contribution in [-0.2, 0) is 0 Å². The van der Waals surface area contributed by atoms with E-state index in [-0.39, 0.29) is 11.8 Å². The van der Waals surface area contributed by atoms with Crippen molar-refractivity contribution in [3.8, 4) is 11.5 Å². The molecule has 6 heteroatoms. The normalized spacial score (nSPS) is 17.0. The molecule has 0 bridgehead atoms. The largest absolute Gasteiger partial charge is 0.497 e. The molecule has 0 radical (unpaired) electrons. The third kappa shape index (κ3) is 3.56. The zero-order valence-electron chi connectivity index (χ0n) is 16.0. The van der Waals surface area contributed by atoms with E-state index in [1.54, 1.807) is 14.2 Å². The third-order valence-corrected chi connectivity index (χ3v) is 6.30. The molecule has 0 saturated carbocycles. The van der Waals surface area contributed by atoms with Crippen molar-refractivity contribution >= 4 is 17.2 Å². The summed E-state index contributed by atoms with van der Waals surface area (Å²) in [5.74, 6) is 2.34. The van der Waals surface area contributed by atoms with Gasteiger partial charge in [0, 0.05) is 30.5 Å². The Morgan fingerprint density at radius 2 is 2.08 bits per heavy atom. The highest BCUT2D eigenvalue weighted by Gasteiger charge is 2.31. The molecule has 1 saturated heterocycles. The second-order valence-electron chi connectivity index (χ2n) is 6.97. The molecule has 3 rings (SSSR count). The number of thiazole rings is 1. The number of ether oxygens (including phenoxy) is 2. The van der Waals surface area contributed by atoms with Gasteiger partial charge in [-0.2, -0.15) is 0 Å². The summed E-state index contributed by atoms with van der Waals surface area (Å²) in [6, 6.07) is 5.85. The van der Waals surface area contributed by atoms with Crippen LogP contribution in [0.4, 0.5) is 0 Å². The Bertz CT molecular complexity index is 800. The van der Waals surface area contributed by atoms with Crippen LogP contribution < -0.4 is 9.47 Å². The van der Waals surface area contributed by atoms with Crippen molar-refractivity contribution in [2.75, 3.05) is 27.3 Å². The van der Waals surface area contributed by atoms with Crippen molar-refractivity contribution in [2.24, 2.45) is 0 Å². The molecule has 1 amide bonds. The minimum absolute atomic E-state index is 0.0938. The minimum atomic E-state index is 0.0938. The molecule has 0 N–H and O–H groups in total. The van der Waals surface area contributed by atoms with E-state index >= 15 is 0 Å². The molecule has 1 aromatic carbocycles. The number of carbonyl (C=O) groups is 1. The second-order valence-corrected chi connectivity index (χ2v) is 8.00. The molecule has 2 heterocycles. The van der Waals surface area contributed by atoms with Crippen LogP contribution in [-0.4, -0.2) is 43.1 Å². The summed E-state index contributed by atoms with van der Waals surface area (Å²) in [6.07, 6.45) is 0.921. The fourth-order valence-electron chi connectivity index (χ4n) is 3.36. The molecule has 0 unspecified atom stereocenters. The number of nitrogens with zero attached hydrogens (tertiary/aromatic N) is 2.